The van der Waals surface area contributed by atoms with Gasteiger partial charge in [-0.2, -0.15) is 0 Å². The van der Waals surface area contributed by atoms with Crippen LogP contribution in [0.5, 0.6) is 0 Å². The fourth-order valence-electron chi connectivity index (χ4n) is 3.27. The number of hydrogen-bond acceptors (Lipinski definition) is 5. The van der Waals surface area contributed by atoms with Crippen LogP contribution in [-0.4, -0.2) is 40.4 Å². The van der Waals surface area contributed by atoms with E-state index in [9.17, 15) is 9.59 Å². The van der Waals surface area contributed by atoms with Crippen molar-refractivity contribution in [3.05, 3.63) is 0 Å². The number of amides is 4. The molecule has 0 aromatic rings. The first-order valence-electron chi connectivity index (χ1n) is 11.0. The Morgan fingerprint density at radius 3 is 1.36 bits per heavy atom. The largest absolute Gasteiger partial charge is 0.351 e. The van der Waals surface area contributed by atoms with E-state index in [-0.39, 0.29) is 0 Å². The Kier molecular flexibility index (Phi) is 14.8. The van der Waals surface area contributed by atoms with Crippen molar-refractivity contribution >= 4 is 12.1 Å². The maximum absolute atomic E-state index is 13.2. The van der Waals surface area contributed by atoms with Crippen LogP contribution >= 0.6 is 0 Å². The summed E-state index contributed by atoms with van der Waals surface area (Å²) in [7, 11) is 0. The van der Waals surface area contributed by atoms with Gasteiger partial charge in [0.15, 0.2) is 0 Å². The molecule has 0 aromatic carbocycles. The summed E-state index contributed by atoms with van der Waals surface area (Å²) in [5, 5.41) is 0. The smallest absolute Gasteiger partial charge is 0.331 e. The Labute approximate surface area is 171 Å². The third-order valence-corrected chi connectivity index (χ3v) is 5.02. The van der Waals surface area contributed by atoms with E-state index in [2.05, 4.69) is 20.8 Å². The maximum atomic E-state index is 13.2. The van der Waals surface area contributed by atoms with Gasteiger partial charge in [0.2, 0.25) is 0 Å². The minimum absolute atomic E-state index is 0.506. The molecule has 0 saturated heterocycles. The van der Waals surface area contributed by atoms with Crippen molar-refractivity contribution in [1.29, 1.82) is 0 Å². The van der Waals surface area contributed by atoms with Gasteiger partial charge in [-0.05, 0) is 19.3 Å². The lowest BCUT2D eigenvalue weighted by Crippen LogP contribution is -2.63. The van der Waals surface area contributed by atoms with Gasteiger partial charge in [0, 0.05) is 0 Å². The van der Waals surface area contributed by atoms with Gasteiger partial charge in [-0.3, -0.25) is 4.90 Å². The molecule has 0 bridgehead atoms. The highest BCUT2D eigenvalue weighted by Crippen LogP contribution is 2.17. The predicted octanol–water partition coefficient (Wildman–Crippen LogP) is 3.38. The SMILES string of the molecule is CCCCCC(N)N(C(N)=O)C(=O)N(C(N)CCCCC)C(N)CCCCC. The van der Waals surface area contributed by atoms with Crippen LogP contribution in [-0.2, 0) is 0 Å². The molecule has 0 rings (SSSR count). The van der Waals surface area contributed by atoms with Crippen LogP contribution < -0.4 is 22.9 Å². The molecule has 3 unspecified atom stereocenters. The van der Waals surface area contributed by atoms with Crippen molar-refractivity contribution in [2.24, 2.45) is 22.9 Å². The standard InChI is InChI=1S/C20H44N6O2/c1-4-7-10-13-16(21)25(17(22)14-11-8-5-2)20(28)26(19(24)27)18(23)15-12-9-6-3/h16-18H,4-15,21-23H2,1-3H3,(H2,24,27). The van der Waals surface area contributed by atoms with E-state index >= 15 is 0 Å². The van der Waals surface area contributed by atoms with Crippen molar-refractivity contribution < 1.29 is 9.59 Å². The number of primary amides is 1. The molecule has 0 aromatic heterocycles. The van der Waals surface area contributed by atoms with Gasteiger partial charge in [-0.1, -0.05) is 78.6 Å². The molecule has 0 fully saturated rings. The van der Waals surface area contributed by atoms with Crippen LogP contribution in [0.4, 0.5) is 9.59 Å². The Balaban J connectivity index is 5.35. The summed E-state index contributed by atoms with van der Waals surface area (Å²) in [5.41, 5.74) is 24.3. The summed E-state index contributed by atoms with van der Waals surface area (Å²) >= 11 is 0. The second-order valence-electron chi connectivity index (χ2n) is 7.59. The molecule has 28 heavy (non-hydrogen) atoms. The predicted molar refractivity (Wildman–Crippen MR) is 115 cm³/mol. The van der Waals surface area contributed by atoms with Crippen molar-refractivity contribution in [1.82, 2.24) is 9.80 Å². The van der Waals surface area contributed by atoms with Gasteiger partial charge in [-0.25, -0.2) is 14.5 Å². The average molecular weight is 401 g/mol. The molecule has 0 saturated carbocycles. The number of carbonyl (C=O) groups excluding carboxylic acids is 2. The average Bonchev–Trinajstić information content (AvgIpc) is 2.62. The Bertz CT molecular complexity index is 419. The van der Waals surface area contributed by atoms with E-state index in [1.165, 1.54) is 4.90 Å². The molecule has 0 aliphatic rings. The lowest BCUT2D eigenvalue weighted by Gasteiger charge is -2.38. The van der Waals surface area contributed by atoms with Gasteiger partial charge in [0.1, 0.15) is 0 Å². The molecule has 8 nitrogen and oxygen atoms in total. The summed E-state index contributed by atoms with van der Waals surface area (Å²) in [6.45, 7) is 6.29. The van der Waals surface area contributed by atoms with Crippen molar-refractivity contribution in [3.8, 4) is 0 Å². The summed E-state index contributed by atoms with van der Waals surface area (Å²) < 4.78 is 0. The zero-order valence-corrected chi connectivity index (χ0v) is 18.2. The highest BCUT2D eigenvalue weighted by atomic mass is 16.2. The molecule has 0 spiro atoms. The van der Waals surface area contributed by atoms with Crippen molar-refractivity contribution in [3.63, 3.8) is 0 Å². The van der Waals surface area contributed by atoms with E-state index < -0.39 is 30.6 Å². The van der Waals surface area contributed by atoms with E-state index in [0.717, 1.165) is 62.7 Å². The number of unbranched alkanes of at least 4 members (excludes halogenated alkanes) is 6. The number of hydrogen-bond donors (Lipinski definition) is 4. The number of carbonyl (C=O) groups is 2. The third kappa shape index (κ3) is 9.71. The van der Waals surface area contributed by atoms with Crippen LogP contribution in [0, 0.1) is 0 Å². The Morgan fingerprint density at radius 1 is 0.679 bits per heavy atom. The number of rotatable bonds is 15. The molecule has 0 aliphatic heterocycles. The fourth-order valence-corrected chi connectivity index (χ4v) is 3.27. The van der Waals surface area contributed by atoms with Crippen LogP contribution in [0.2, 0.25) is 0 Å². The molecule has 8 N–H and O–H groups in total. The minimum Gasteiger partial charge on any atom is -0.351 e. The normalized spacial score (nSPS) is 14.4. The monoisotopic (exact) mass is 400 g/mol. The molecule has 8 heteroatoms. The Morgan fingerprint density at radius 2 is 1.04 bits per heavy atom. The first-order valence-corrected chi connectivity index (χ1v) is 11.0. The summed E-state index contributed by atoms with van der Waals surface area (Å²) in [4.78, 5) is 27.6. The molecular formula is C20H44N6O2. The topological polar surface area (TPSA) is 145 Å². The third-order valence-electron chi connectivity index (χ3n) is 5.02. The van der Waals surface area contributed by atoms with E-state index in [1.54, 1.807) is 0 Å². The quantitative estimate of drug-likeness (QED) is 0.246. The lowest BCUT2D eigenvalue weighted by atomic mass is 10.1. The first kappa shape index (κ1) is 26.6. The lowest BCUT2D eigenvalue weighted by molar-refractivity contribution is 0.0977. The molecule has 4 amide bonds. The zero-order valence-electron chi connectivity index (χ0n) is 18.2. The number of nitrogens with zero attached hydrogens (tertiary/aromatic N) is 2. The summed E-state index contributed by atoms with van der Waals surface area (Å²) in [6.07, 6.45) is 8.60. The number of urea groups is 2. The van der Waals surface area contributed by atoms with E-state index in [4.69, 9.17) is 22.9 Å². The van der Waals surface area contributed by atoms with Gasteiger partial charge in [-0.15, -0.1) is 0 Å². The maximum Gasteiger partial charge on any atom is 0.331 e. The van der Waals surface area contributed by atoms with Crippen LogP contribution in [0.25, 0.3) is 0 Å². The number of imide groups is 1. The van der Waals surface area contributed by atoms with Crippen LogP contribution in [0.15, 0.2) is 0 Å². The molecule has 3 atom stereocenters. The van der Waals surface area contributed by atoms with E-state index in [1.807, 2.05) is 0 Å². The number of nitrogens with two attached hydrogens (primary N) is 4. The molecule has 0 radical (unpaired) electrons. The first-order chi connectivity index (χ1) is 13.3. The molecular weight excluding hydrogens is 356 g/mol. The van der Waals surface area contributed by atoms with Crippen LogP contribution in [0.3, 0.4) is 0 Å². The van der Waals surface area contributed by atoms with E-state index in [0.29, 0.717) is 19.3 Å². The van der Waals surface area contributed by atoms with Crippen LogP contribution in [0.1, 0.15) is 97.8 Å². The summed E-state index contributed by atoms with van der Waals surface area (Å²) in [6, 6.07) is -1.44. The fraction of sp³-hybridized carbons (Fsp3) is 0.900. The van der Waals surface area contributed by atoms with Crippen molar-refractivity contribution in [2.75, 3.05) is 0 Å². The highest BCUT2D eigenvalue weighted by Gasteiger charge is 2.34. The van der Waals surface area contributed by atoms with Gasteiger partial charge in [0.05, 0.1) is 18.5 Å². The zero-order chi connectivity index (χ0) is 21.5. The highest BCUT2D eigenvalue weighted by molar-refractivity contribution is 5.93. The minimum atomic E-state index is -0.861. The van der Waals surface area contributed by atoms with Gasteiger partial charge in [0.25, 0.3) is 0 Å². The molecule has 0 heterocycles. The summed E-state index contributed by atoms with van der Waals surface area (Å²) in [5.74, 6) is 0. The van der Waals surface area contributed by atoms with Gasteiger partial charge >= 0.3 is 12.1 Å². The van der Waals surface area contributed by atoms with Gasteiger partial charge < -0.3 is 22.9 Å². The second kappa shape index (κ2) is 15.5. The molecule has 0 aliphatic carbocycles. The molecule has 166 valence electrons. The van der Waals surface area contributed by atoms with Crippen molar-refractivity contribution in [2.45, 2.75) is 116 Å². The second-order valence-corrected chi connectivity index (χ2v) is 7.59. The Hall–Kier alpha value is -1.38.